The van der Waals surface area contributed by atoms with Gasteiger partial charge in [0.2, 0.25) is 0 Å². The Morgan fingerprint density at radius 1 is 1.09 bits per heavy atom. The predicted octanol–water partition coefficient (Wildman–Crippen LogP) is 3.06. The lowest BCUT2D eigenvalue weighted by atomic mass is 9.46. The van der Waals surface area contributed by atoms with E-state index in [2.05, 4.69) is 13.8 Å². The third kappa shape index (κ3) is 1.72. The molecule has 1 N–H and O–H groups in total. The van der Waals surface area contributed by atoms with Crippen LogP contribution in [0.2, 0.25) is 0 Å². The molecule has 0 aromatic heterocycles. The average molecular weight is 302 g/mol. The summed E-state index contributed by atoms with van der Waals surface area (Å²) in [5.41, 5.74) is 0.920. The number of hydrogen-bond acceptors (Lipinski definition) is 3. The van der Waals surface area contributed by atoms with Crippen molar-refractivity contribution in [3.8, 4) is 0 Å². The summed E-state index contributed by atoms with van der Waals surface area (Å²) < 4.78 is 0. The third-order valence-corrected chi connectivity index (χ3v) is 7.61. The van der Waals surface area contributed by atoms with E-state index < -0.39 is 6.10 Å². The first-order valence-corrected chi connectivity index (χ1v) is 8.81. The Bertz CT molecular complexity index is 577. The van der Waals surface area contributed by atoms with Crippen LogP contribution >= 0.6 is 0 Å². The number of ketones is 2. The summed E-state index contributed by atoms with van der Waals surface area (Å²) in [5.74, 6) is 1.71. The van der Waals surface area contributed by atoms with Crippen molar-refractivity contribution in [2.45, 2.75) is 64.9 Å². The number of hydrogen-bond donors (Lipinski definition) is 1. The molecule has 0 heterocycles. The van der Waals surface area contributed by atoms with E-state index in [0.29, 0.717) is 36.9 Å². The molecule has 0 amide bonds. The first-order valence-electron chi connectivity index (χ1n) is 8.81. The van der Waals surface area contributed by atoms with E-state index in [1.165, 1.54) is 5.57 Å². The fraction of sp³-hybridized carbons (Fsp3) is 0.789. The molecule has 0 aromatic carbocycles. The summed E-state index contributed by atoms with van der Waals surface area (Å²) in [6.45, 7) is 4.34. The molecule has 22 heavy (non-hydrogen) atoms. The fourth-order valence-corrected chi connectivity index (χ4v) is 6.46. The fourth-order valence-electron chi connectivity index (χ4n) is 6.46. The molecule has 4 aliphatic rings. The van der Waals surface area contributed by atoms with Gasteiger partial charge in [-0.15, -0.1) is 0 Å². The first-order chi connectivity index (χ1) is 10.4. The highest BCUT2D eigenvalue weighted by Gasteiger charge is 2.61. The Hall–Kier alpha value is -0.960. The maximum atomic E-state index is 12.4. The monoisotopic (exact) mass is 302 g/mol. The lowest BCUT2D eigenvalue weighted by molar-refractivity contribution is -0.147. The van der Waals surface area contributed by atoms with E-state index >= 15 is 0 Å². The lowest BCUT2D eigenvalue weighted by Gasteiger charge is -2.58. The number of Topliss-reactive ketones (excluding diaryl/α,β-unsaturated/α-hetero) is 1. The van der Waals surface area contributed by atoms with Crippen LogP contribution in [0.3, 0.4) is 0 Å². The van der Waals surface area contributed by atoms with Crippen LogP contribution in [0.4, 0.5) is 0 Å². The summed E-state index contributed by atoms with van der Waals surface area (Å²) in [7, 11) is 0. The zero-order valence-electron chi connectivity index (χ0n) is 13.6. The molecule has 0 aliphatic heterocycles. The Kier molecular flexibility index (Phi) is 3.01. The van der Waals surface area contributed by atoms with Gasteiger partial charge in [0.15, 0.2) is 5.78 Å². The third-order valence-electron chi connectivity index (χ3n) is 7.61. The summed E-state index contributed by atoms with van der Waals surface area (Å²) in [4.78, 5) is 24.2. The normalized spacial score (nSPS) is 51.0. The molecule has 4 rings (SSSR count). The standard InChI is InChI=1S/C19H26O3/c1-18-8-7-12(20)9-11(18)3-4-13-14-5-6-16(22)19(14,2)10-15(21)17(13)18/h9,13-15,17,21H,3-8,10H2,1-2H3/t13-,14-,15-,17?,18-,19-/m0/s1. The summed E-state index contributed by atoms with van der Waals surface area (Å²) in [6, 6.07) is 0. The maximum absolute atomic E-state index is 12.4. The molecule has 0 aromatic rings. The summed E-state index contributed by atoms with van der Waals surface area (Å²) in [6.07, 6.45) is 7.24. The minimum Gasteiger partial charge on any atom is -0.393 e. The van der Waals surface area contributed by atoms with Crippen LogP contribution < -0.4 is 0 Å². The van der Waals surface area contributed by atoms with Crippen molar-refractivity contribution in [2.75, 3.05) is 0 Å². The molecule has 3 heteroatoms. The second-order valence-corrected chi connectivity index (χ2v) is 8.54. The van der Waals surface area contributed by atoms with E-state index in [1.807, 2.05) is 6.08 Å². The number of rotatable bonds is 0. The van der Waals surface area contributed by atoms with Gasteiger partial charge in [0, 0.05) is 18.3 Å². The Morgan fingerprint density at radius 3 is 2.64 bits per heavy atom. The zero-order valence-corrected chi connectivity index (χ0v) is 13.6. The molecule has 3 nitrogen and oxygen atoms in total. The number of allylic oxidation sites excluding steroid dienone is 1. The number of aliphatic hydroxyl groups excluding tert-OH is 1. The van der Waals surface area contributed by atoms with E-state index in [-0.39, 0.29) is 22.5 Å². The van der Waals surface area contributed by atoms with Crippen LogP contribution in [-0.2, 0) is 9.59 Å². The van der Waals surface area contributed by atoms with Crippen LogP contribution in [0.5, 0.6) is 0 Å². The highest BCUT2D eigenvalue weighted by Crippen LogP contribution is 2.64. The number of carbonyl (C=O) groups is 2. The lowest BCUT2D eigenvalue weighted by Crippen LogP contribution is -2.56. The predicted molar refractivity (Wildman–Crippen MR) is 83.1 cm³/mol. The molecule has 1 unspecified atom stereocenters. The van der Waals surface area contributed by atoms with Crippen molar-refractivity contribution in [1.82, 2.24) is 0 Å². The molecule has 6 atom stereocenters. The van der Waals surface area contributed by atoms with Gasteiger partial charge in [0.1, 0.15) is 5.78 Å². The van der Waals surface area contributed by atoms with Gasteiger partial charge in [-0.25, -0.2) is 0 Å². The van der Waals surface area contributed by atoms with Gasteiger partial charge in [-0.05, 0) is 61.3 Å². The van der Waals surface area contributed by atoms with Crippen molar-refractivity contribution in [3.63, 3.8) is 0 Å². The van der Waals surface area contributed by atoms with Crippen molar-refractivity contribution in [3.05, 3.63) is 11.6 Å². The van der Waals surface area contributed by atoms with E-state index in [1.54, 1.807) is 0 Å². The van der Waals surface area contributed by atoms with E-state index in [4.69, 9.17) is 0 Å². The van der Waals surface area contributed by atoms with Crippen LogP contribution in [0.1, 0.15) is 58.8 Å². The second-order valence-electron chi connectivity index (χ2n) is 8.54. The number of fused-ring (bicyclic) bond motifs is 5. The minimum absolute atomic E-state index is 0.0385. The van der Waals surface area contributed by atoms with E-state index in [9.17, 15) is 14.7 Å². The molecule has 120 valence electrons. The topological polar surface area (TPSA) is 54.4 Å². The number of aliphatic hydroxyl groups is 1. The van der Waals surface area contributed by atoms with Crippen LogP contribution in [0, 0.1) is 28.6 Å². The molecule has 3 saturated carbocycles. The molecule has 0 spiro atoms. The average Bonchev–Trinajstić information content (AvgIpc) is 2.75. The Morgan fingerprint density at radius 2 is 1.86 bits per heavy atom. The van der Waals surface area contributed by atoms with Gasteiger partial charge in [-0.3, -0.25) is 9.59 Å². The quantitative estimate of drug-likeness (QED) is 0.748. The zero-order chi connectivity index (χ0) is 15.7. The smallest absolute Gasteiger partial charge is 0.155 e. The molecule has 3 fully saturated rings. The molecule has 0 bridgehead atoms. The van der Waals surface area contributed by atoms with Crippen molar-refractivity contribution < 1.29 is 14.7 Å². The van der Waals surface area contributed by atoms with E-state index in [0.717, 1.165) is 25.7 Å². The van der Waals surface area contributed by atoms with Crippen molar-refractivity contribution in [2.24, 2.45) is 28.6 Å². The molecule has 0 radical (unpaired) electrons. The van der Waals surface area contributed by atoms with Crippen molar-refractivity contribution >= 4 is 11.6 Å². The summed E-state index contributed by atoms with van der Waals surface area (Å²) >= 11 is 0. The maximum Gasteiger partial charge on any atom is 0.155 e. The van der Waals surface area contributed by atoms with Crippen LogP contribution in [-0.4, -0.2) is 22.8 Å². The first kappa shape index (κ1) is 14.6. The van der Waals surface area contributed by atoms with Gasteiger partial charge in [-0.2, -0.15) is 0 Å². The Labute approximate surface area is 132 Å². The van der Waals surface area contributed by atoms with Gasteiger partial charge in [0.05, 0.1) is 6.10 Å². The Balaban J connectivity index is 1.75. The SMILES string of the molecule is C[C@]12CCC(=O)C=C1CC[C@@H]1C2[C@@H](O)C[C@]2(C)C(=O)CC[C@@H]12. The minimum atomic E-state index is -0.407. The highest BCUT2D eigenvalue weighted by atomic mass is 16.3. The highest BCUT2D eigenvalue weighted by molar-refractivity contribution is 5.91. The second kappa shape index (κ2) is 4.53. The molecular formula is C19H26O3. The van der Waals surface area contributed by atoms with Gasteiger partial charge in [0.25, 0.3) is 0 Å². The van der Waals surface area contributed by atoms with Gasteiger partial charge in [-0.1, -0.05) is 19.4 Å². The molecule has 0 saturated heterocycles. The molecular weight excluding hydrogens is 276 g/mol. The van der Waals surface area contributed by atoms with Gasteiger partial charge >= 0.3 is 0 Å². The molecule has 4 aliphatic carbocycles. The van der Waals surface area contributed by atoms with Crippen molar-refractivity contribution in [1.29, 1.82) is 0 Å². The number of carbonyl (C=O) groups excluding carboxylic acids is 2. The van der Waals surface area contributed by atoms with Gasteiger partial charge < -0.3 is 5.11 Å². The largest absolute Gasteiger partial charge is 0.393 e. The van der Waals surface area contributed by atoms with Crippen LogP contribution in [0.25, 0.3) is 0 Å². The van der Waals surface area contributed by atoms with Crippen LogP contribution in [0.15, 0.2) is 11.6 Å². The summed E-state index contributed by atoms with van der Waals surface area (Å²) in [5, 5.41) is 10.9.